The third kappa shape index (κ3) is 2.97. The Bertz CT molecular complexity index is 560. The van der Waals surface area contributed by atoms with Crippen LogP contribution in [0, 0.1) is 0 Å². The molecule has 2 aromatic heterocycles. The second-order valence-corrected chi connectivity index (χ2v) is 4.13. The fourth-order valence-electron chi connectivity index (χ4n) is 1.57. The first-order chi connectivity index (χ1) is 9.11. The average molecular weight is 260 g/mol. The topological polar surface area (TPSA) is 83.0 Å². The van der Waals surface area contributed by atoms with Gasteiger partial charge in [-0.25, -0.2) is 14.5 Å². The molecule has 0 fully saturated rings. The normalized spacial score (nSPS) is 12.2. The number of carbonyl (C=O) groups excluding carboxylic acids is 1. The van der Waals surface area contributed by atoms with E-state index in [4.69, 9.17) is 10.5 Å². The van der Waals surface area contributed by atoms with Crippen molar-refractivity contribution in [1.82, 2.24) is 14.8 Å². The molecule has 0 bridgehead atoms. The lowest BCUT2D eigenvalue weighted by atomic mass is 10.2. The number of esters is 1. The van der Waals surface area contributed by atoms with Gasteiger partial charge in [-0.3, -0.25) is 0 Å². The minimum atomic E-state index is -0.388. The first-order valence-electron chi connectivity index (χ1n) is 6.05. The lowest BCUT2D eigenvalue weighted by Gasteiger charge is -2.05. The molecule has 100 valence electrons. The monoisotopic (exact) mass is 260 g/mol. The zero-order valence-electron chi connectivity index (χ0n) is 10.9. The van der Waals surface area contributed by atoms with Gasteiger partial charge in [-0.15, -0.1) is 0 Å². The molecular weight excluding hydrogens is 244 g/mol. The van der Waals surface area contributed by atoms with Gasteiger partial charge in [0.15, 0.2) is 5.82 Å². The van der Waals surface area contributed by atoms with Gasteiger partial charge in [0.1, 0.15) is 0 Å². The summed E-state index contributed by atoms with van der Waals surface area (Å²) in [6, 6.07) is 3.63. The molecule has 0 aliphatic carbocycles. The third-order valence-electron chi connectivity index (χ3n) is 2.62. The van der Waals surface area contributed by atoms with E-state index in [-0.39, 0.29) is 12.0 Å². The zero-order valence-corrected chi connectivity index (χ0v) is 10.9. The predicted molar refractivity (Wildman–Crippen MR) is 69.9 cm³/mol. The molecule has 2 aromatic rings. The molecule has 0 aliphatic rings. The van der Waals surface area contributed by atoms with Crippen molar-refractivity contribution in [3.05, 3.63) is 41.9 Å². The van der Waals surface area contributed by atoms with E-state index in [1.165, 1.54) is 10.9 Å². The van der Waals surface area contributed by atoms with E-state index in [0.29, 0.717) is 18.0 Å². The number of carbonyl (C=O) groups is 1. The van der Waals surface area contributed by atoms with Crippen molar-refractivity contribution in [2.24, 2.45) is 5.73 Å². The predicted octanol–water partition coefficient (Wildman–Crippen LogP) is 1.46. The highest BCUT2D eigenvalue weighted by Crippen LogP contribution is 2.11. The molecule has 6 nitrogen and oxygen atoms in total. The molecule has 0 amide bonds. The summed E-state index contributed by atoms with van der Waals surface area (Å²) in [4.78, 5) is 15.8. The van der Waals surface area contributed by atoms with Gasteiger partial charge in [0, 0.05) is 18.4 Å². The Labute approximate surface area is 111 Å². The standard InChI is InChI=1S/C13H16N4O2/c1-3-19-13(18)11-7-16-17(8-11)12-5-4-10(6-15-12)9(2)14/h4-9H,3,14H2,1-2H3/t9-/m0/s1. The SMILES string of the molecule is CCOC(=O)c1cnn(-c2ccc([C@H](C)N)cn2)c1. The number of ether oxygens (including phenoxy) is 1. The molecule has 0 aromatic carbocycles. The van der Waals surface area contributed by atoms with Crippen LogP contribution in [0.15, 0.2) is 30.7 Å². The molecule has 2 heterocycles. The van der Waals surface area contributed by atoms with E-state index in [0.717, 1.165) is 5.56 Å². The van der Waals surface area contributed by atoms with Crippen LogP contribution < -0.4 is 5.73 Å². The maximum absolute atomic E-state index is 11.5. The van der Waals surface area contributed by atoms with Crippen molar-refractivity contribution in [3.8, 4) is 5.82 Å². The number of nitrogens with two attached hydrogens (primary N) is 1. The maximum atomic E-state index is 11.5. The Morgan fingerprint density at radius 1 is 1.47 bits per heavy atom. The van der Waals surface area contributed by atoms with Crippen molar-refractivity contribution < 1.29 is 9.53 Å². The van der Waals surface area contributed by atoms with Crippen molar-refractivity contribution in [2.75, 3.05) is 6.61 Å². The summed E-state index contributed by atoms with van der Waals surface area (Å²) in [6.45, 7) is 3.99. The zero-order chi connectivity index (χ0) is 13.8. The summed E-state index contributed by atoms with van der Waals surface area (Å²) in [5, 5.41) is 4.09. The fraction of sp³-hybridized carbons (Fsp3) is 0.308. The van der Waals surface area contributed by atoms with E-state index >= 15 is 0 Å². The highest BCUT2D eigenvalue weighted by atomic mass is 16.5. The number of rotatable bonds is 4. The molecule has 2 N–H and O–H groups in total. The largest absolute Gasteiger partial charge is 0.462 e. The summed E-state index contributed by atoms with van der Waals surface area (Å²) in [5.74, 6) is 0.237. The summed E-state index contributed by atoms with van der Waals surface area (Å²) >= 11 is 0. The molecule has 6 heteroatoms. The average Bonchev–Trinajstić information content (AvgIpc) is 2.89. The van der Waals surface area contributed by atoms with Gasteiger partial charge in [0.05, 0.1) is 18.4 Å². The molecular formula is C13H16N4O2. The highest BCUT2D eigenvalue weighted by molar-refractivity contribution is 5.88. The van der Waals surface area contributed by atoms with E-state index < -0.39 is 0 Å². The summed E-state index contributed by atoms with van der Waals surface area (Å²) < 4.78 is 6.42. The highest BCUT2D eigenvalue weighted by Gasteiger charge is 2.10. The molecule has 1 atom stereocenters. The molecule has 0 saturated carbocycles. The molecule has 0 spiro atoms. The van der Waals surface area contributed by atoms with Gasteiger partial charge in [-0.05, 0) is 25.5 Å². The molecule has 19 heavy (non-hydrogen) atoms. The quantitative estimate of drug-likeness (QED) is 0.841. The smallest absolute Gasteiger partial charge is 0.341 e. The van der Waals surface area contributed by atoms with Crippen LogP contribution in [-0.2, 0) is 4.74 Å². The van der Waals surface area contributed by atoms with E-state index in [1.54, 1.807) is 25.4 Å². The van der Waals surface area contributed by atoms with Crippen LogP contribution in [0.3, 0.4) is 0 Å². The number of aromatic nitrogens is 3. The first kappa shape index (κ1) is 13.2. The van der Waals surface area contributed by atoms with Gasteiger partial charge >= 0.3 is 5.97 Å². The Morgan fingerprint density at radius 2 is 2.26 bits per heavy atom. The lowest BCUT2D eigenvalue weighted by Crippen LogP contribution is -2.06. The number of pyridine rings is 1. The van der Waals surface area contributed by atoms with E-state index in [1.807, 2.05) is 13.0 Å². The molecule has 2 rings (SSSR count). The van der Waals surface area contributed by atoms with Crippen LogP contribution in [0.4, 0.5) is 0 Å². The maximum Gasteiger partial charge on any atom is 0.341 e. The van der Waals surface area contributed by atoms with Gasteiger partial charge < -0.3 is 10.5 Å². The number of hydrogen-bond acceptors (Lipinski definition) is 5. The van der Waals surface area contributed by atoms with Crippen LogP contribution in [0.1, 0.15) is 35.8 Å². The van der Waals surface area contributed by atoms with Crippen molar-refractivity contribution in [3.63, 3.8) is 0 Å². The minimum Gasteiger partial charge on any atom is -0.462 e. The van der Waals surface area contributed by atoms with Gasteiger partial charge in [0.2, 0.25) is 0 Å². The second kappa shape index (κ2) is 5.62. The van der Waals surface area contributed by atoms with Crippen molar-refractivity contribution in [1.29, 1.82) is 0 Å². The Kier molecular flexibility index (Phi) is 3.91. The lowest BCUT2D eigenvalue weighted by molar-refractivity contribution is 0.0526. The summed E-state index contributed by atoms with van der Waals surface area (Å²) in [6.07, 6.45) is 4.75. The number of nitrogens with zero attached hydrogens (tertiary/aromatic N) is 3. The van der Waals surface area contributed by atoms with Crippen LogP contribution in [0.2, 0.25) is 0 Å². The van der Waals surface area contributed by atoms with E-state index in [9.17, 15) is 4.79 Å². The van der Waals surface area contributed by atoms with Crippen molar-refractivity contribution in [2.45, 2.75) is 19.9 Å². The third-order valence-corrected chi connectivity index (χ3v) is 2.62. The Balaban J connectivity index is 2.20. The van der Waals surface area contributed by atoms with E-state index in [2.05, 4.69) is 10.1 Å². The first-order valence-corrected chi connectivity index (χ1v) is 6.05. The molecule has 0 radical (unpaired) electrons. The van der Waals surface area contributed by atoms with Gasteiger partial charge in [-0.1, -0.05) is 6.07 Å². The second-order valence-electron chi connectivity index (χ2n) is 4.13. The van der Waals surface area contributed by atoms with Gasteiger partial charge in [0.25, 0.3) is 0 Å². The molecule has 0 saturated heterocycles. The minimum absolute atomic E-state index is 0.0609. The van der Waals surface area contributed by atoms with Crippen LogP contribution >= 0.6 is 0 Å². The summed E-state index contributed by atoms with van der Waals surface area (Å²) in [5.41, 5.74) is 7.10. The van der Waals surface area contributed by atoms with Crippen LogP contribution in [0.5, 0.6) is 0 Å². The molecule has 0 aliphatic heterocycles. The number of hydrogen-bond donors (Lipinski definition) is 1. The van der Waals surface area contributed by atoms with Crippen LogP contribution in [-0.4, -0.2) is 27.3 Å². The Morgan fingerprint density at radius 3 is 2.84 bits per heavy atom. The fourth-order valence-corrected chi connectivity index (χ4v) is 1.57. The molecule has 0 unspecified atom stereocenters. The van der Waals surface area contributed by atoms with Gasteiger partial charge in [-0.2, -0.15) is 5.10 Å². The summed E-state index contributed by atoms with van der Waals surface area (Å²) in [7, 11) is 0. The van der Waals surface area contributed by atoms with Crippen molar-refractivity contribution >= 4 is 5.97 Å². The van der Waals surface area contributed by atoms with Crippen LogP contribution in [0.25, 0.3) is 5.82 Å². The Hall–Kier alpha value is -2.21.